The lowest BCUT2D eigenvalue weighted by molar-refractivity contribution is 0.196. The third-order valence-electron chi connectivity index (χ3n) is 4.32. The average molecular weight is 350 g/mol. The zero-order chi connectivity index (χ0) is 14.6. The van der Waals surface area contributed by atoms with Gasteiger partial charge < -0.3 is 15.2 Å². The minimum Gasteiger partial charge on any atom is -0.489 e. The largest absolute Gasteiger partial charge is 0.489 e. The topological polar surface area (TPSA) is 62.3 Å². The highest BCUT2D eigenvalue weighted by atomic mass is 79.9. The number of aromatic nitrogens is 2. The molecule has 0 saturated heterocycles. The van der Waals surface area contributed by atoms with Crippen LogP contribution < -0.4 is 15.2 Å². The van der Waals surface area contributed by atoms with Crippen LogP contribution in [0.1, 0.15) is 12.8 Å². The van der Waals surface area contributed by atoms with Gasteiger partial charge in [-0.1, -0.05) is 0 Å². The van der Waals surface area contributed by atoms with Crippen LogP contribution in [0, 0.1) is 5.41 Å². The monoisotopic (exact) mass is 349 g/mol. The van der Waals surface area contributed by atoms with Crippen molar-refractivity contribution in [3.05, 3.63) is 22.8 Å². The summed E-state index contributed by atoms with van der Waals surface area (Å²) in [5.41, 5.74) is 8.16. The van der Waals surface area contributed by atoms with Gasteiger partial charge in [0.15, 0.2) is 11.5 Å². The van der Waals surface area contributed by atoms with Gasteiger partial charge in [-0.2, -0.15) is 5.10 Å². The molecular formula is C15H16BrN3O2. The Hall–Kier alpha value is -1.69. The van der Waals surface area contributed by atoms with Crippen molar-refractivity contribution in [2.45, 2.75) is 12.8 Å². The van der Waals surface area contributed by atoms with E-state index in [0.29, 0.717) is 5.82 Å². The van der Waals surface area contributed by atoms with E-state index in [2.05, 4.69) is 21.0 Å². The number of rotatable bonds is 1. The number of benzene rings is 1. The van der Waals surface area contributed by atoms with Gasteiger partial charge in [0.05, 0.1) is 23.9 Å². The van der Waals surface area contributed by atoms with Crippen LogP contribution in [0.4, 0.5) is 5.82 Å². The molecule has 0 unspecified atom stereocenters. The Morgan fingerprint density at radius 3 is 2.71 bits per heavy atom. The van der Waals surface area contributed by atoms with Crippen LogP contribution in [0.5, 0.6) is 11.5 Å². The lowest BCUT2D eigenvalue weighted by Crippen LogP contribution is -2.17. The molecule has 5 nitrogen and oxygen atoms in total. The second kappa shape index (κ2) is 4.40. The second-order valence-corrected chi connectivity index (χ2v) is 6.78. The molecular weight excluding hydrogens is 334 g/mol. The van der Waals surface area contributed by atoms with Crippen LogP contribution in [0.15, 0.2) is 22.8 Å². The molecule has 1 aromatic carbocycles. The fourth-order valence-corrected chi connectivity index (χ4v) is 3.16. The number of nitrogen functional groups attached to an aromatic ring is 1. The van der Waals surface area contributed by atoms with Crippen LogP contribution in [-0.4, -0.2) is 23.0 Å². The molecule has 0 bridgehead atoms. The van der Waals surface area contributed by atoms with Gasteiger partial charge >= 0.3 is 0 Å². The van der Waals surface area contributed by atoms with E-state index in [1.54, 1.807) is 10.9 Å². The molecule has 21 heavy (non-hydrogen) atoms. The lowest BCUT2D eigenvalue weighted by atomic mass is 10.1. The fourth-order valence-electron chi connectivity index (χ4n) is 2.60. The van der Waals surface area contributed by atoms with Gasteiger partial charge in [0.25, 0.3) is 0 Å². The van der Waals surface area contributed by atoms with Crippen molar-refractivity contribution in [3.8, 4) is 22.6 Å². The highest BCUT2D eigenvalue weighted by Crippen LogP contribution is 2.51. The molecule has 1 spiro atoms. The van der Waals surface area contributed by atoms with Gasteiger partial charge in [-0.25, -0.2) is 0 Å². The van der Waals surface area contributed by atoms with E-state index in [1.807, 2.05) is 19.2 Å². The summed E-state index contributed by atoms with van der Waals surface area (Å²) < 4.78 is 14.5. The summed E-state index contributed by atoms with van der Waals surface area (Å²) in [7, 11) is 1.83. The first-order valence-electron chi connectivity index (χ1n) is 6.95. The van der Waals surface area contributed by atoms with Gasteiger partial charge in [0.2, 0.25) is 0 Å². The van der Waals surface area contributed by atoms with Gasteiger partial charge in [-0.15, -0.1) is 0 Å². The smallest absolute Gasteiger partial charge is 0.175 e. The van der Waals surface area contributed by atoms with E-state index < -0.39 is 0 Å². The van der Waals surface area contributed by atoms with E-state index in [0.717, 1.165) is 40.3 Å². The number of ether oxygens (including phenoxy) is 2. The molecule has 0 atom stereocenters. The molecule has 0 amide bonds. The summed E-state index contributed by atoms with van der Waals surface area (Å²) in [4.78, 5) is 0. The van der Waals surface area contributed by atoms with E-state index >= 15 is 0 Å². The molecule has 1 aromatic heterocycles. The second-order valence-electron chi connectivity index (χ2n) is 5.93. The number of hydrogen-bond donors (Lipinski definition) is 1. The molecule has 1 saturated carbocycles. The number of halogens is 1. The van der Waals surface area contributed by atoms with Crippen molar-refractivity contribution in [3.63, 3.8) is 0 Å². The summed E-state index contributed by atoms with van der Waals surface area (Å²) in [6.45, 7) is 1.45. The molecule has 0 radical (unpaired) electrons. The summed E-state index contributed by atoms with van der Waals surface area (Å²) >= 11 is 3.58. The Kier molecular flexibility index (Phi) is 2.73. The van der Waals surface area contributed by atoms with Crippen LogP contribution in [0.3, 0.4) is 0 Å². The van der Waals surface area contributed by atoms with Crippen LogP contribution in [0.25, 0.3) is 11.1 Å². The highest BCUT2D eigenvalue weighted by Gasteiger charge is 2.46. The average Bonchev–Trinajstić information content (AvgIpc) is 3.20. The first-order valence-corrected chi connectivity index (χ1v) is 7.74. The van der Waals surface area contributed by atoms with Crippen molar-refractivity contribution in [2.75, 3.05) is 18.9 Å². The highest BCUT2D eigenvalue weighted by molar-refractivity contribution is 9.10. The molecule has 110 valence electrons. The SMILES string of the molecule is Cn1ncc(-c2cc(Br)c3c(c2)OCC2(CC2)CO3)c1N. The maximum absolute atomic E-state index is 6.06. The lowest BCUT2D eigenvalue weighted by Gasteiger charge is -2.11. The van der Waals surface area contributed by atoms with Gasteiger partial charge in [0.1, 0.15) is 5.82 Å². The molecule has 1 fully saturated rings. The standard InChI is InChI=1S/C15H16BrN3O2/c1-19-14(17)10(6-18-19)9-4-11(16)13-12(5-9)20-7-15(2-3-15)8-21-13/h4-6H,2-3,7-8,17H2,1H3. The Morgan fingerprint density at radius 1 is 1.29 bits per heavy atom. The first kappa shape index (κ1) is 13.0. The van der Waals surface area contributed by atoms with Crippen molar-refractivity contribution in [2.24, 2.45) is 12.5 Å². The Morgan fingerprint density at radius 2 is 2.05 bits per heavy atom. The Labute approximate surface area is 131 Å². The van der Waals surface area contributed by atoms with E-state index in [1.165, 1.54) is 12.8 Å². The molecule has 6 heteroatoms. The quantitative estimate of drug-likeness (QED) is 0.859. The number of nitrogens with zero attached hydrogens (tertiary/aromatic N) is 2. The minimum atomic E-state index is 0.228. The van der Waals surface area contributed by atoms with Crippen LogP contribution in [0.2, 0.25) is 0 Å². The normalized spacial score (nSPS) is 18.6. The molecule has 2 aliphatic rings. The Balaban J connectivity index is 1.77. The minimum absolute atomic E-state index is 0.228. The third kappa shape index (κ3) is 2.09. The molecule has 1 aliphatic carbocycles. The third-order valence-corrected chi connectivity index (χ3v) is 4.91. The fraction of sp³-hybridized carbons (Fsp3) is 0.400. The zero-order valence-electron chi connectivity index (χ0n) is 11.7. The van der Waals surface area contributed by atoms with Crippen molar-refractivity contribution in [1.29, 1.82) is 0 Å². The number of nitrogens with two attached hydrogens (primary N) is 1. The number of aryl methyl sites for hydroxylation is 1. The molecule has 2 N–H and O–H groups in total. The summed E-state index contributed by atoms with van der Waals surface area (Å²) in [6, 6.07) is 3.98. The van der Waals surface area contributed by atoms with Crippen LogP contribution in [-0.2, 0) is 7.05 Å². The predicted octanol–water partition coefficient (Wildman–Crippen LogP) is 2.98. The number of fused-ring (bicyclic) bond motifs is 1. The Bertz CT molecular complexity index is 722. The predicted molar refractivity (Wildman–Crippen MR) is 83.4 cm³/mol. The first-order chi connectivity index (χ1) is 10.1. The maximum atomic E-state index is 6.06. The van der Waals surface area contributed by atoms with Crippen molar-refractivity contribution < 1.29 is 9.47 Å². The van der Waals surface area contributed by atoms with Crippen molar-refractivity contribution >= 4 is 21.7 Å². The van der Waals surface area contributed by atoms with Crippen molar-refractivity contribution in [1.82, 2.24) is 9.78 Å². The molecule has 2 aromatic rings. The zero-order valence-corrected chi connectivity index (χ0v) is 13.3. The molecule has 4 rings (SSSR count). The van der Waals surface area contributed by atoms with Gasteiger partial charge in [-0.3, -0.25) is 4.68 Å². The van der Waals surface area contributed by atoms with Gasteiger partial charge in [-0.05, 0) is 46.5 Å². The van der Waals surface area contributed by atoms with Crippen LogP contribution >= 0.6 is 15.9 Å². The van der Waals surface area contributed by atoms with E-state index in [-0.39, 0.29) is 5.41 Å². The maximum Gasteiger partial charge on any atom is 0.175 e. The summed E-state index contributed by atoms with van der Waals surface area (Å²) in [5.74, 6) is 2.19. The summed E-state index contributed by atoms with van der Waals surface area (Å²) in [5, 5.41) is 4.19. The van der Waals surface area contributed by atoms with Gasteiger partial charge in [0, 0.05) is 18.0 Å². The summed E-state index contributed by atoms with van der Waals surface area (Å²) in [6.07, 6.45) is 4.13. The molecule has 2 heterocycles. The molecule has 1 aliphatic heterocycles. The number of anilines is 1. The van der Waals surface area contributed by atoms with E-state index in [9.17, 15) is 0 Å². The van der Waals surface area contributed by atoms with E-state index in [4.69, 9.17) is 15.2 Å². The number of hydrogen-bond acceptors (Lipinski definition) is 4.